The van der Waals surface area contributed by atoms with E-state index in [1.54, 1.807) is 12.1 Å². The number of carbonyl (C=O) groups is 1. The van der Waals surface area contributed by atoms with Gasteiger partial charge in [-0.2, -0.15) is 0 Å². The summed E-state index contributed by atoms with van der Waals surface area (Å²) in [4.78, 5) is 10.6. The van der Waals surface area contributed by atoms with Crippen LogP contribution in [0, 0.1) is 0 Å². The van der Waals surface area contributed by atoms with Gasteiger partial charge in [-0.05, 0) is 52.2 Å². The third-order valence-electron chi connectivity index (χ3n) is 2.98. The molecule has 0 aliphatic carbocycles. The van der Waals surface area contributed by atoms with Crippen LogP contribution in [-0.4, -0.2) is 17.7 Å². The molecule has 120 valence electrons. The minimum absolute atomic E-state index is 0.420. The molecule has 2 aromatic carbocycles. The number of hydrogen-bond acceptors (Lipinski definition) is 3. The highest BCUT2D eigenvalue weighted by Gasteiger charge is 2.12. The minimum atomic E-state index is -0.997. The number of hydrogen-bond donors (Lipinski definition) is 1. The molecule has 1 N–H and O–H groups in total. The largest absolute Gasteiger partial charge is 0.490 e. The van der Waals surface area contributed by atoms with Crippen LogP contribution in [-0.2, 0) is 11.4 Å². The van der Waals surface area contributed by atoms with Crippen molar-refractivity contribution in [2.75, 3.05) is 6.61 Å². The Morgan fingerprint density at radius 2 is 1.96 bits per heavy atom. The second kappa shape index (κ2) is 8.39. The van der Waals surface area contributed by atoms with E-state index in [9.17, 15) is 4.79 Å². The molecule has 0 atom stereocenters. The minimum Gasteiger partial charge on any atom is -0.490 e. The maximum atomic E-state index is 10.6. The van der Waals surface area contributed by atoms with E-state index >= 15 is 0 Å². The summed E-state index contributed by atoms with van der Waals surface area (Å²) in [6.45, 7) is 2.79. The summed E-state index contributed by atoms with van der Waals surface area (Å²) in [6, 6.07) is 13.4. The van der Waals surface area contributed by atoms with Gasteiger partial charge in [0.2, 0.25) is 0 Å². The molecule has 0 aliphatic heterocycles. The number of benzene rings is 2. The molecule has 0 unspecified atom stereocenters. The Hall–Kier alpha value is -2.27. The van der Waals surface area contributed by atoms with Crippen LogP contribution >= 0.6 is 15.9 Å². The topological polar surface area (TPSA) is 55.8 Å². The summed E-state index contributed by atoms with van der Waals surface area (Å²) in [5.41, 5.74) is 1.77. The van der Waals surface area contributed by atoms with Gasteiger partial charge in [0.05, 0.1) is 11.1 Å². The highest BCUT2D eigenvalue weighted by molar-refractivity contribution is 9.10. The van der Waals surface area contributed by atoms with Gasteiger partial charge in [-0.15, -0.1) is 0 Å². The fourth-order valence-electron chi connectivity index (χ4n) is 1.98. The molecule has 0 saturated carbocycles. The van der Waals surface area contributed by atoms with E-state index in [-0.39, 0.29) is 0 Å². The summed E-state index contributed by atoms with van der Waals surface area (Å²) in [5.74, 6) is 0.175. The van der Waals surface area contributed by atoms with E-state index < -0.39 is 5.97 Å². The Labute approximate surface area is 143 Å². The molecule has 0 saturated heterocycles. The first-order valence-corrected chi connectivity index (χ1v) is 7.93. The number of carboxylic acids is 1. The molecule has 0 aliphatic rings. The molecule has 0 bridgehead atoms. The highest BCUT2D eigenvalue weighted by Crippen LogP contribution is 2.37. The zero-order valence-electron chi connectivity index (χ0n) is 12.7. The first-order chi connectivity index (χ1) is 11.1. The van der Waals surface area contributed by atoms with Gasteiger partial charge in [-0.1, -0.05) is 30.3 Å². The number of aliphatic carboxylic acids is 1. The van der Waals surface area contributed by atoms with Gasteiger partial charge in [0.15, 0.2) is 11.5 Å². The van der Waals surface area contributed by atoms with Crippen LogP contribution in [0.2, 0.25) is 0 Å². The van der Waals surface area contributed by atoms with Gasteiger partial charge in [0, 0.05) is 6.08 Å². The molecule has 23 heavy (non-hydrogen) atoms. The third-order valence-corrected chi connectivity index (χ3v) is 3.57. The van der Waals surface area contributed by atoms with Gasteiger partial charge >= 0.3 is 5.97 Å². The fraction of sp³-hybridized carbons (Fsp3) is 0.167. The van der Waals surface area contributed by atoms with Crippen molar-refractivity contribution in [3.05, 3.63) is 64.1 Å². The molecule has 5 heteroatoms. The average molecular weight is 377 g/mol. The molecular formula is C18H17BrO4. The second-order valence-corrected chi connectivity index (χ2v) is 5.56. The molecule has 0 aromatic heterocycles. The lowest BCUT2D eigenvalue weighted by Gasteiger charge is -2.14. The summed E-state index contributed by atoms with van der Waals surface area (Å²) in [5, 5.41) is 8.73. The Morgan fingerprint density at radius 1 is 1.22 bits per heavy atom. The Balaban J connectivity index is 2.25. The molecule has 0 amide bonds. The van der Waals surface area contributed by atoms with E-state index in [0.717, 1.165) is 17.2 Å². The van der Waals surface area contributed by atoms with Crippen molar-refractivity contribution in [3.8, 4) is 11.5 Å². The average Bonchev–Trinajstić information content (AvgIpc) is 2.53. The van der Waals surface area contributed by atoms with Crippen molar-refractivity contribution >= 4 is 28.0 Å². The molecule has 0 radical (unpaired) electrons. The van der Waals surface area contributed by atoms with Crippen molar-refractivity contribution in [2.24, 2.45) is 0 Å². The van der Waals surface area contributed by atoms with Crippen LogP contribution in [0.25, 0.3) is 6.08 Å². The van der Waals surface area contributed by atoms with E-state index in [2.05, 4.69) is 15.9 Å². The van der Waals surface area contributed by atoms with Crippen LogP contribution < -0.4 is 9.47 Å². The third kappa shape index (κ3) is 5.14. The van der Waals surface area contributed by atoms with Crippen molar-refractivity contribution in [1.29, 1.82) is 0 Å². The Morgan fingerprint density at radius 3 is 2.61 bits per heavy atom. The Bertz CT molecular complexity index is 696. The number of ether oxygens (including phenoxy) is 2. The van der Waals surface area contributed by atoms with Gasteiger partial charge in [0.1, 0.15) is 6.61 Å². The Kier molecular flexibility index (Phi) is 6.23. The number of carboxylic acid groups (broad SMARTS) is 1. The lowest BCUT2D eigenvalue weighted by molar-refractivity contribution is -0.131. The lowest BCUT2D eigenvalue weighted by atomic mass is 10.2. The molecule has 2 rings (SSSR count). The standard InChI is InChI=1S/C18H17BrO4/c1-2-22-16-11-14(8-9-17(20)21)10-15(19)18(16)23-12-13-6-4-3-5-7-13/h3-11H,2,12H2,1H3,(H,20,21). The van der Waals surface area contributed by atoms with Gasteiger partial charge in [0.25, 0.3) is 0 Å². The molecular weight excluding hydrogens is 360 g/mol. The molecule has 0 heterocycles. The summed E-state index contributed by atoms with van der Waals surface area (Å²) < 4.78 is 12.2. The fourth-order valence-corrected chi connectivity index (χ4v) is 2.56. The van der Waals surface area contributed by atoms with Gasteiger partial charge in [-0.3, -0.25) is 0 Å². The zero-order valence-corrected chi connectivity index (χ0v) is 14.2. The normalized spacial score (nSPS) is 10.7. The summed E-state index contributed by atoms with van der Waals surface area (Å²) >= 11 is 3.46. The lowest BCUT2D eigenvalue weighted by Crippen LogP contribution is -2.01. The molecule has 2 aromatic rings. The number of rotatable bonds is 7. The zero-order chi connectivity index (χ0) is 16.7. The van der Waals surface area contributed by atoms with E-state index in [0.29, 0.717) is 29.2 Å². The quantitative estimate of drug-likeness (QED) is 0.721. The smallest absolute Gasteiger partial charge is 0.328 e. The van der Waals surface area contributed by atoms with E-state index in [4.69, 9.17) is 14.6 Å². The second-order valence-electron chi connectivity index (χ2n) is 4.71. The van der Waals surface area contributed by atoms with Crippen LogP contribution in [0.5, 0.6) is 11.5 Å². The SMILES string of the molecule is CCOc1cc(C=CC(=O)O)cc(Br)c1OCc1ccccc1. The van der Waals surface area contributed by atoms with E-state index in [1.165, 1.54) is 6.08 Å². The van der Waals surface area contributed by atoms with E-state index in [1.807, 2.05) is 37.3 Å². The van der Waals surface area contributed by atoms with Crippen LogP contribution in [0.4, 0.5) is 0 Å². The summed E-state index contributed by atoms with van der Waals surface area (Å²) in [6.07, 6.45) is 2.60. The van der Waals surface area contributed by atoms with Crippen molar-refractivity contribution in [3.63, 3.8) is 0 Å². The first kappa shape index (κ1) is 17.1. The van der Waals surface area contributed by atoms with Gasteiger partial charge in [-0.25, -0.2) is 4.79 Å². The molecule has 4 nitrogen and oxygen atoms in total. The molecule has 0 fully saturated rings. The first-order valence-electron chi connectivity index (χ1n) is 7.14. The predicted molar refractivity (Wildman–Crippen MR) is 92.8 cm³/mol. The molecule has 0 spiro atoms. The van der Waals surface area contributed by atoms with Crippen LogP contribution in [0.15, 0.2) is 53.0 Å². The maximum absolute atomic E-state index is 10.6. The monoisotopic (exact) mass is 376 g/mol. The van der Waals surface area contributed by atoms with Gasteiger partial charge < -0.3 is 14.6 Å². The highest BCUT2D eigenvalue weighted by atomic mass is 79.9. The maximum Gasteiger partial charge on any atom is 0.328 e. The van der Waals surface area contributed by atoms with Crippen molar-refractivity contribution < 1.29 is 19.4 Å². The van der Waals surface area contributed by atoms with Crippen molar-refractivity contribution in [2.45, 2.75) is 13.5 Å². The van der Waals surface area contributed by atoms with Crippen LogP contribution in [0.3, 0.4) is 0 Å². The predicted octanol–water partition coefficient (Wildman–Crippen LogP) is 4.52. The van der Waals surface area contributed by atoms with Crippen molar-refractivity contribution in [1.82, 2.24) is 0 Å². The summed E-state index contributed by atoms with van der Waals surface area (Å²) in [7, 11) is 0. The number of halogens is 1. The van der Waals surface area contributed by atoms with Crippen LogP contribution in [0.1, 0.15) is 18.1 Å².